The molecule has 0 fully saturated rings. The third kappa shape index (κ3) is 2.57. The Labute approximate surface area is 94.1 Å². The van der Waals surface area contributed by atoms with Crippen molar-refractivity contribution in [2.24, 2.45) is 0 Å². The molecule has 3 heteroatoms. The summed E-state index contributed by atoms with van der Waals surface area (Å²) in [6, 6.07) is 5.69. The van der Waals surface area contributed by atoms with Gasteiger partial charge in [0, 0.05) is 12.0 Å². The van der Waals surface area contributed by atoms with Crippen LogP contribution in [-0.2, 0) is 0 Å². The lowest BCUT2D eigenvalue weighted by atomic mass is 10.2. The van der Waals surface area contributed by atoms with E-state index in [1.807, 2.05) is 18.2 Å². The van der Waals surface area contributed by atoms with E-state index in [2.05, 4.69) is 11.8 Å². The summed E-state index contributed by atoms with van der Waals surface area (Å²) < 4.78 is 11.1. The summed E-state index contributed by atoms with van der Waals surface area (Å²) >= 11 is 5.49. The number of benzene rings is 1. The fourth-order valence-electron chi connectivity index (χ4n) is 1.38. The van der Waals surface area contributed by atoms with Crippen LogP contribution in [0, 0.1) is 11.8 Å². The summed E-state index contributed by atoms with van der Waals surface area (Å²) in [5.41, 5.74) is 0.903. The molecular weight excluding hydrogens is 212 g/mol. The van der Waals surface area contributed by atoms with Crippen molar-refractivity contribution in [3.63, 3.8) is 0 Å². The molecule has 2 rings (SSSR count). The number of ether oxygens (including phenoxy) is 2. The maximum absolute atomic E-state index is 5.54. The van der Waals surface area contributed by atoms with E-state index >= 15 is 0 Å². The molecule has 1 aliphatic heterocycles. The summed E-state index contributed by atoms with van der Waals surface area (Å²) in [6.45, 7) is 1.40. The van der Waals surface area contributed by atoms with Gasteiger partial charge in [-0.3, -0.25) is 0 Å². The normalized spacial score (nSPS) is 13.7. The van der Waals surface area contributed by atoms with Gasteiger partial charge in [0.25, 0.3) is 0 Å². The molecule has 0 atom stereocenters. The minimum absolute atomic E-state index is 0.342. The largest absolute Gasteiger partial charge is 0.490 e. The highest BCUT2D eigenvalue weighted by atomic mass is 35.5. The molecule has 0 bridgehead atoms. The van der Waals surface area contributed by atoms with Crippen molar-refractivity contribution in [3.8, 4) is 23.3 Å². The van der Waals surface area contributed by atoms with Crippen molar-refractivity contribution in [3.05, 3.63) is 23.8 Å². The number of hydrogen-bond donors (Lipinski definition) is 0. The van der Waals surface area contributed by atoms with Crippen LogP contribution in [-0.4, -0.2) is 19.1 Å². The Morgan fingerprint density at radius 1 is 1.20 bits per heavy atom. The van der Waals surface area contributed by atoms with Gasteiger partial charge >= 0.3 is 0 Å². The fraction of sp³-hybridized carbons (Fsp3) is 0.333. The van der Waals surface area contributed by atoms with Gasteiger partial charge in [-0.15, -0.1) is 11.6 Å². The van der Waals surface area contributed by atoms with Crippen LogP contribution in [0.5, 0.6) is 11.5 Å². The van der Waals surface area contributed by atoms with Crippen molar-refractivity contribution in [2.75, 3.05) is 19.1 Å². The summed E-state index contributed by atoms with van der Waals surface area (Å²) in [5.74, 6) is 7.66. The van der Waals surface area contributed by atoms with E-state index < -0.39 is 0 Å². The van der Waals surface area contributed by atoms with Crippen molar-refractivity contribution in [1.82, 2.24) is 0 Å². The van der Waals surface area contributed by atoms with Crippen LogP contribution in [0.3, 0.4) is 0 Å². The summed E-state index contributed by atoms with van der Waals surface area (Å²) in [4.78, 5) is 0. The average Bonchev–Trinajstić information content (AvgIpc) is 2.50. The maximum Gasteiger partial charge on any atom is 0.162 e. The Hall–Kier alpha value is -1.33. The monoisotopic (exact) mass is 222 g/mol. The highest BCUT2D eigenvalue weighted by Gasteiger charge is 2.09. The Bertz CT molecular complexity index is 404. The van der Waals surface area contributed by atoms with Crippen LogP contribution < -0.4 is 9.47 Å². The van der Waals surface area contributed by atoms with Gasteiger partial charge in [0.15, 0.2) is 11.5 Å². The van der Waals surface area contributed by atoms with Crippen LogP contribution in [0.15, 0.2) is 18.2 Å². The lowest BCUT2D eigenvalue weighted by molar-refractivity contribution is 0.297. The molecule has 1 heterocycles. The Balaban J connectivity index is 2.27. The third-order valence-corrected chi connectivity index (χ3v) is 2.18. The molecule has 1 aromatic carbocycles. The van der Waals surface area contributed by atoms with Gasteiger partial charge < -0.3 is 9.47 Å². The number of fused-ring (bicyclic) bond motifs is 1. The Morgan fingerprint density at radius 3 is 2.80 bits per heavy atom. The fourth-order valence-corrected chi connectivity index (χ4v) is 1.44. The standard InChI is InChI=1S/C12H11ClO2/c13-6-1-3-10-4-5-11-12(9-10)15-8-2-7-14-11/h4-5,9H,2,6-8H2. The Morgan fingerprint density at radius 2 is 2.00 bits per heavy atom. The molecule has 0 aromatic heterocycles. The first-order valence-electron chi connectivity index (χ1n) is 4.84. The SMILES string of the molecule is ClCC#Cc1ccc2c(c1)OCCCO2. The van der Waals surface area contributed by atoms with E-state index in [1.54, 1.807) is 0 Å². The van der Waals surface area contributed by atoms with Gasteiger partial charge in [0.1, 0.15) is 0 Å². The van der Waals surface area contributed by atoms with E-state index in [4.69, 9.17) is 21.1 Å². The average molecular weight is 223 g/mol. The van der Waals surface area contributed by atoms with Gasteiger partial charge in [0.2, 0.25) is 0 Å². The molecule has 0 N–H and O–H groups in total. The van der Waals surface area contributed by atoms with Crippen LogP contribution in [0.2, 0.25) is 0 Å². The quantitative estimate of drug-likeness (QED) is 0.496. The number of hydrogen-bond acceptors (Lipinski definition) is 2. The highest BCUT2D eigenvalue weighted by Crippen LogP contribution is 2.29. The van der Waals surface area contributed by atoms with Crippen molar-refractivity contribution in [2.45, 2.75) is 6.42 Å². The molecule has 0 spiro atoms. The third-order valence-electron chi connectivity index (χ3n) is 2.05. The first kappa shape index (κ1) is 10.2. The molecule has 0 unspecified atom stereocenters. The van der Waals surface area contributed by atoms with Gasteiger partial charge in [0.05, 0.1) is 19.1 Å². The van der Waals surface area contributed by atoms with Crippen LogP contribution in [0.1, 0.15) is 12.0 Å². The predicted octanol–water partition coefficient (Wildman–Crippen LogP) is 2.44. The van der Waals surface area contributed by atoms with Gasteiger partial charge in [-0.2, -0.15) is 0 Å². The van der Waals surface area contributed by atoms with E-state index in [0.717, 1.165) is 23.5 Å². The van der Waals surface area contributed by atoms with Crippen LogP contribution in [0.25, 0.3) is 0 Å². The first-order valence-corrected chi connectivity index (χ1v) is 5.38. The van der Waals surface area contributed by atoms with E-state index in [9.17, 15) is 0 Å². The van der Waals surface area contributed by atoms with Gasteiger partial charge in [-0.05, 0) is 18.2 Å². The van der Waals surface area contributed by atoms with Crippen molar-refractivity contribution in [1.29, 1.82) is 0 Å². The van der Waals surface area contributed by atoms with Crippen molar-refractivity contribution < 1.29 is 9.47 Å². The van der Waals surface area contributed by atoms with Crippen molar-refractivity contribution >= 4 is 11.6 Å². The minimum atomic E-state index is 0.342. The van der Waals surface area contributed by atoms with Crippen LogP contribution in [0.4, 0.5) is 0 Å². The lowest BCUT2D eigenvalue weighted by Crippen LogP contribution is -1.97. The second kappa shape index (κ2) is 4.95. The number of halogens is 1. The van der Waals surface area contributed by atoms with Gasteiger partial charge in [-0.1, -0.05) is 11.8 Å². The van der Waals surface area contributed by atoms with E-state index in [0.29, 0.717) is 19.1 Å². The molecule has 0 amide bonds. The molecule has 2 nitrogen and oxygen atoms in total. The zero-order valence-electron chi connectivity index (χ0n) is 8.25. The van der Waals surface area contributed by atoms with E-state index in [1.165, 1.54) is 0 Å². The molecule has 15 heavy (non-hydrogen) atoms. The molecule has 1 aromatic rings. The lowest BCUT2D eigenvalue weighted by Gasteiger charge is -2.06. The summed E-state index contributed by atoms with van der Waals surface area (Å²) in [5, 5.41) is 0. The highest BCUT2D eigenvalue weighted by molar-refractivity contribution is 6.19. The molecule has 0 saturated carbocycles. The second-order valence-corrected chi connectivity index (χ2v) is 3.41. The zero-order valence-corrected chi connectivity index (χ0v) is 9.01. The smallest absolute Gasteiger partial charge is 0.162 e. The molecular formula is C12H11ClO2. The molecule has 1 aliphatic rings. The zero-order chi connectivity index (χ0) is 10.5. The van der Waals surface area contributed by atoms with Gasteiger partial charge in [-0.25, -0.2) is 0 Å². The molecule has 0 radical (unpaired) electrons. The molecule has 78 valence electrons. The summed E-state index contributed by atoms with van der Waals surface area (Å²) in [6.07, 6.45) is 0.914. The summed E-state index contributed by atoms with van der Waals surface area (Å²) in [7, 11) is 0. The molecule has 0 aliphatic carbocycles. The first-order chi connectivity index (χ1) is 7.40. The number of rotatable bonds is 0. The minimum Gasteiger partial charge on any atom is -0.490 e. The van der Waals surface area contributed by atoms with E-state index in [-0.39, 0.29) is 0 Å². The van der Waals surface area contributed by atoms with Crippen LogP contribution >= 0.6 is 11.6 Å². The molecule has 0 saturated heterocycles. The predicted molar refractivity (Wildman–Crippen MR) is 59.6 cm³/mol. The second-order valence-electron chi connectivity index (χ2n) is 3.15. The Kier molecular flexibility index (Phi) is 3.37. The maximum atomic E-state index is 5.54. The number of alkyl halides is 1. The topological polar surface area (TPSA) is 18.5 Å².